The molecule has 0 amide bonds. The van der Waals surface area contributed by atoms with Crippen molar-refractivity contribution in [3.63, 3.8) is 0 Å². The lowest BCUT2D eigenvalue weighted by Gasteiger charge is -2.09. The molecule has 100 valence electrons. The SMILES string of the molecule is c1cnnc(-c2noc(C3(Cn4cccn4)CC3)n2)c1. The van der Waals surface area contributed by atoms with Gasteiger partial charge in [-0.25, -0.2) is 0 Å². The summed E-state index contributed by atoms with van der Waals surface area (Å²) >= 11 is 0. The Morgan fingerprint density at radius 2 is 2.20 bits per heavy atom. The molecule has 7 heteroatoms. The van der Waals surface area contributed by atoms with Gasteiger partial charge < -0.3 is 4.52 Å². The predicted molar refractivity (Wildman–Crippen MR) is 68.5 cm³/mol. The molecule has 0 aliphatic heterocycles. The fraction of sp³-hybridized carbons (Fsp3) is 0.308. The quantitative estimate of drug-likeness (QED) is 0.712. The van der Waals surface area contributed by atoms with Gasteiger partial charge in [0, 0.05) is 18.6 Å². The number of hydrogen-bond acceptors (Lipinski definition) is 6. The van der Waals surface area contributed by atoms with Gasteiger partial charge in [0.1, 0.15) is 5.69 Å². The molecule has 0 atom stereocenters. The molecule has 3 heterocycles. The molecular formula is C13H12N6O. The van der Waals surface area contributed by atoms with Crippen LogP contribution in [0.3, 0.4) is 0 Å². The maximum Gasteiger partial charge on any atom is 0.235 e. The topological polar surface area (TPSA) is 82.5 Å². The average Bonchev–Trinajstić information content (AvgIpc) is 2.94. The molecule has 0 aromatic carbocycles. The van der Waals surface area contributed by atoms with E-state index < -0.39 is 0 Å². The first-order valence-electron chi connectivity index (χ1n) is 6.45. The van der Waals surface area contributed by atoms with Crippen molar-refractivity contribution in [2.45, 2.75) is 24.8 Å². The van der Waals surface area contributed by atoms with Gasteiger partial charge in [0.05, 0.1) is 12.0 Å². The molecule has 3 aromatic rings. The Balaban J connectivity index is 1.62. The van der Waals surface area contributed by atoms with E-state index in [4.69, 9.17) is 4.52 Å². The molecule has 1 aliphatic rings. The van der Waals surface area contributed by atoms with Crippen LogP contribution in [0, 0.1) is 0 Å². The van der Waals surface area contributed by atoms with Gasteiger partial charge in [-0.1, -0.05) is 5.16 Å². The number of aromatic nitrogens is 6. The third-order valence-electron chi connectivity index (χ3n) is 3.56. The van der Waals surface area contributed by atoms with Crippen molar-refractivity contribution in [2.24, 2.45) is 0 Å². The van der Waals surface area contributed by atoms with Crippen molar-refractivity contribution < 1.29 is 4.52 Å². The molecule has 20 heavy (non-hydrogen) atoms. The predicted octanol–water partition coefficient (Wildman–Crippen LogP) is 1.45. The van der Waals surface area contributed by atoms with Crippen molar-refractivity contribution in [3.05, 3.63) is 42.7 Å². The van der Waals surface area contributed by atoms with Gasteiger partial charge in [0.15, 0.2) is 0 Å². The van der Waals surface area contributed by atoms with E-state index >= 15 is 0 Å². The summed E-state index contributed by atoms with van der Waals surface area (Å²) in [7, 11) is 0. The standard InChI is InChI=1S/C13H12N6O/c1-3-10(17-14-6-1)11-16-12(20-18-11)13(4-5-13)9-19-8-2-7-15-19/h1-3,6-8H,4-5,9H2. The highest BCUT2D eigenvalue weighted by atomic mass is 16.5. The van der Waals surface area contributed by atoms with E-state index in [1.807, 2.05) is 23.0 Å². The van der Waals surface area contributed by atoms with E-state index in [9.17, 15) is 0 Å². The molecule has 0 bridgehead atoms. The summed E-state index contributed by atoms with van der Waals surface area (Å²) in [5, 5.41) is 16.1. The molecular weight excluding hydrogens is 256 g/mol. The smallest absolute Gasteiger partial charge is 0.235 e. The molecule has 1 saturated carbocycles. The van der Waals surface area contributed by atoms with Crippen molar-refractivity contribution in [3.8, 4) is 11.5 Å². The van der Waals surface area contributed by atoms with Crippen molar-refractivity contribution >= 4 is 0 Å². The third kappa shape index (κ3) is 1.87. The average molecular weight is 268 g/mol. The third-order valence-corrected chi connectivity index (χ3v) is 3.56. The Morgan fingerprint density at radius 1 is 1.25 bits per heavy atom. The highest BCUT2D eigenvalue weighted by molar-refractivity contribution is 5.46. The van der Waals surface area contributed by atoms with Crippen LogP contribution in [-0.2, 0) is 12.0 Å². The van der Waals surface area contributed by atoms with E-state index in [-0.39, 0.29) is 5.41 Å². The highest BCUT2D eigenvalue weighted by Crippen LogP contribution is 2.48. The van der Waals surface area contributed by atoms with E-state index in [1.165, 1.54) is 0 Å². The second-order valence-electron chi connectivity index (χ2n) is 5.02. The normalized spacial score (nSPS) is 16.2. The van der Waals surface area contributed by atoms with Crippen LogP contribution in [0.4, 0.5) is 0 Å². The zero-order chi connectivity index (χ0) is 13.4. The maximum atomic E-state index is 5.43. The summed E-state index contributed by atoms with van der Waals surface area (Å²) in [4.78, 5) is 4.47. The van der Waals surface area contributed by atoms with Crippen LogP contribution >= 0.6 is 0 Å². The summed E-state index contributed by atoms with van der Waals surface area (Å²) in [6.07, 6.45) is 7.41. The molecule has 3 aromatic heterocycles. The van der Waals surface area contributed by atoms with Crippen LogP contribution in [0.15, 0.2) is 41.3 Å². The minimum absolute atomic E-state index is 0.0700. The zero-order valence-electron chi connectivity index (χ0n) is 10.7. The molecule has 0 saturated heterocycles. The van der Waals surface area contributed by atoms with Gasteiger partial charge in [-0.15, -0.1) is 5.10 Å². The molecule has 4 rings (SSSR count). The second-order valence-corrected chi connectivity index (χ2v) is 5.02. The van der Waals surface area contributed by atoms with Gasteiger partial charge in [-0.05, 0) is 31.0 Å². The van der Waals surface area contributed by atoms with Gasteiger partial charge in [0.2, 0.25) is 11.7 Å². The van der Waals surface area contributed by atoms with Crippen molar-refractivity contribution in [1.82, 2.24) is 30.1 Å². The lowest BCUT2D eigenvalue weighted by Crippen LogP contribution is -2.16. The van der Waals surface area contributed by atoms with Crippen LogP contribution < -0.4 is 0 Å². The van der Waals surface area contributed by atoms with Crippen LogP contribution in [0.2, 0.25) is 0 Å². The fourth-order valence-electron chi connectivity index (χ4n) is 2.26. The van der Waals surface area contributed by atoms with E-state index in [0.29, 0.717) is 17.4 Å². The largest absolute Gasteiger partial charge is 0.338 e. The van der Waals surface area contributed by atoms with Crippen molar-refractivity contribution in [1.29, 1.82) is 0 Å². The first-order valence-corrected chi connectivity index (χ1v) is 6.45. The van der Waals surface area contributed by atoms with Crippen LogP contribution in [0.5, 0.6) is 0 Å². The summed E-state index contributed by atoms with van der Waals surface area (Å²) in [6.45, 7) is 0.766. The minimum atomic E-state index is -0.0700. The summed E-state index contributed by atoms with van der Waals surface area (Å²) in [6, 6.07) is 5.53. The lowest BCUT2D eigenvalue weighted by atomic mass is 10.1. The first kappa shape index (κ1) is 11.3. The van der Waals surface area contributed by atoms with Gasteiger partial charge in [-0.2, -0.15) is 15.2 Å². The summed E-state index contributed by atoms with van der Waals surface area (Å²) in [5.41, 5.74) is 0.553. The second kappa shape index (κ2) is 4.22. The molecule has 0 radical (unpaired) electrons. The van der Waals surface area contributed by atoms with Crippen molar-refractivity contribution in [2.75, 3.05) is 0 Å². The summed E-state index contributed by atoms with van der Waals surface area (Å²) < 4.78 is 7.33. The van der Waals surface area contributed by atoms with E-state index in [2.05, 4.69) is 25.4 Å². The summed E-state index contributed by atoms with van der Waals surface area (Å²) in [5.74, 6) is 1.15. The van der Waals surface area contributed by atoms with E-state index in [1.54, 1.807) is 18.5 Å². The Labute approximate surface area is 114 Å². The number of nitrogens with zero attached hydrogens (tertiary/aromatic N) is 6. The van der Waals surface area contributed by atoms with Gasteiger partial charge >= 0.3 is 0 Å². The maximum absolute atomic E-state index is 5.43. The van der Waals surface area contributed by atoms with Crippen LogP contribution in [0.25, 0.3) is 11.5 Å². The zero-order valence-corrected chi connectivity index (χ0v) is 10.7. The molecule has 1 aliphatic carbocycles. The van der Waals surface area contributed by atoms with Crippen LogP contribution in [-0.4, -0.2) is 30.1 Å². The minimum Gasteiger partial charge on any atom is -0.338 e. The Hall–Kier alpha value is -2.57. The highest BCUT2D eigenvalue weighted by Gasteiger charge is 2.50. The molecule has 1 fully saturated rings. The molecule has 0 N–H and O–H groups in total. The number of rotatable bonds is 4. The van der Waals surface area contributed by atoms with E-state index in [0.717, 1.165) is 19.4 Å². The van der Waals surface area contributed by atoms with Gasteiger partial charge in [-0.3, -0.25) is 4.68 Å². The Kier molecular flexibility index (Phi) is 2.38. The monoisotopic (exact) mass is 268 g/mol. The molecule has 7 nitrogen and oxygen atoms in total. The van der Waals surface area contributed by atoms with Crippen LogP contribution in [0.1, 0.15) is 18.7 Å². The lowest BCUT2D eigenvalue weighted by molar-refractivity contribution is 0.323. The fourth-order valence-corrected chi connectivity index (χ4v) is 2.26. The Morgan fingerprint density at radius 3 is 2.90 bits per heavy atom. The number of hydrogen-bond donors (Lipinski definition) is 0. The molecule has 0 unspecified atom stereocenters. The first-order chi connectivity index (χ1) is 9.86. The Bertz CT molecular complexity index is 702. The van der Waals surface area contributed by atoms with Gasteiger partial charge in [0.25, 0.3) is 0 Å². The molecule has 0 spiro atoms.